The lowest BCUT2D eigenvalue weighted by Crippen LogP contribution is -2.22. The van der Waals surface area contributed by atoms with Crippen molar-refractivity contribution in [2.24, 2.45) is 4.99 Å². The van der Waals surface area contributed by atoms with Crippen molar-refractivity contribution in [2.45, 2.75) is 25.8 Å². The molecule has 5 nitrogen and oxygen atoms in total. The van der Waals surface area contributed by atoms with Gasteiger partial charge in [-0.2, -0.15) is 4.99 Å². The number of carbonyl (C=O) groups is 2. The lowest BCUT2D eigenvalue weighted by atomic mass is 10.0. The standard InChI is InChI=1S/C14H14ClNO4/c1-2-20-14(19)12(16-9-17)7-8-13(18)10-3-5-11(15)6-4-10/h3-6,12H,2,7-8H2,1H3. The first kappa shape index (κ1) is 16.1. The van der Waals surface area contributed by atoms with Crippen LogP contribution in [-0.2, 0) is 14.3 Å². The van der Waals surface area contributed by atoms with E-state index >= 15 is 0 Å². The molecular weight excluding hydrogens is 282 g/mol. The summed E-state index contributed by atoms with van der Waals surface area (Å²) in [6, 6.07) is 5.45. The summed E-state index contributed by atoms with van der Waals surface area (Å²) in [6.07, 6.45) is 1.51. The Morgan fingerprint density at radius 1 is 1.35 bits per heavy atom. The molecular formula is C14H14ClNO4. The highest BCUT2D eigenvalue weighted by Gasteiger charge is 2.20. The van der Waals surface area contributed by atoms with Gasteiger partial charge in [-0.3, -0.25) is 4.79 Å². The minimum atomic E-state index is -0.983. The number of ether oxygens (including phenoxy) is 1. The van der Waals surface area contributed by atoms with Crippen molar-refractivity contribution in [2.75, 3.05) is 6.61 Å². The van der Waals surface area contributed by atoms with Crippen molar-refractivity contribution in [3.05, 3.63) is 34.9 Å². The zero-order valence-electron chi connectivity index (χ0n) is 11.0. The average Bonchev–Trinajstić information content (AvgIpc) is 2.44. The summed E-state index contributed by atoms with van der Waals surface area (Å²) in [5.74, 6) is -0.781. The topological polar surface area (TPSA) is 72.8 Å². The minimum absolute atomic E-state index is 0.0797. The molecule has 0 heterocycles. The molecule has 0 amide bonds. The van der Waals surface area contributed by atoms with Crippen molar-refractivity contribution in [1.82, 2.24) is 0 Å². The van der Waals surface area contributed by atoms with Gasteiger partial charge in [0.15, 0.2) is 11.8 Å². The van der Waals surface area contributed by atoms with Crippen LogP contribution >= 0.6 is 11.6 Å². The van der Waals surface area contributed by atoms with Gasteiger partial charge in [-0.05, 0) is 37.6 Å². The van der Waals surface area contributed by atoms with Crippen molar-refractivity contribution >= 4 is 29.4 Å². The van der Waals surface area contributed by atoms with Crippen molar-refractivity contribution in [1.29, 1.82) is 0 Å². The molecule has 0 aliphatic heterocycles. The molecule has 0 N–H and O–H groups in total. The van der Waals surface area contributed by atoms with E-state index < -0.39 is 12.0 Å². The minimum Gasteiger partial charge on any atom is -0.464 e. The Labute approximate surface area is 121 Å². The molecule has 20 heavy (non-hydrogen) atoms. The van der Waals surface area contributed by atoms with Gasteiger partial charge in [0.1, 0.15) is 0 Å². The van der Waals surface area contributed by atoms with Gasteiger partial charge in [-0.15, -0.1) is 0 Å². The third kappa shape index (κ3) is 4.96. The average molecular weight is 296 g/mol. The first-order valence-electron chi connectivity index (χ1n) is 6.10. The van der Waals surface area contributed by atoms with Gasteiger partial charge in [0.25, 0.3) is 0 Å². The molecule has 0 radical (unpaired) electrons. The van der Waals surface area contributed by atoms with Crippen LogP contribution in [0.1, 0.15) is 30.1 Å². The summed E-state index contributed by atoms with van der Waals surface area (Å²) in [5, 5.41) is 0.538. The number of hydrogen-bond donors (Lipinski definition) is 0. The molecule has 0 fully saturated rings. The predicted octanol–water partition coefficient (Wildman–Crippen LogP) is 2.57. The zero-order chi connectivity index (χ0) is 15.0. The molecule has 0 aromatic heterocycles. The molecule has 1 atom stereocenters. The molecule has 106 valence electrons. The van der Waals surface area contributed by atoms with Crippen LogP contribution in [0.5, 0.6) is 0 Å². The fourth-order valence-electron chi connectivity index (χ4n) is 1.59. The van der Waals surface area contributed by atoms with E-state index in [2.05, 4.69) is 4.99 Å². The van der Waals surface area contributed by atoms with Gasteiger partial charge in [-0.25, -0.2) is 9.59 Å². The summed E-state index contributed by atoms with van der Waals surface area (Å²) in [6.45, 7) is 1.84. The highest BCUT2D eigenvalue weighted by molar-refractivity contribution is 6.30. The number of esters is 1. The fourth-order valence-corrected chi connectivity index (χ4v) is 1.71. The molecule has 0 saturated heterocycles. The maximum absolute atomic E-state index is 11.9. The smallest absolute Gasteiger partial charge is 0.331 e. The van der Waals surface area contributed by atoms with Crippen LogP contribution in [0.25, 0.3) is 0 Å². The number of nitrogens with zero attached hydrogens (tertiary/aromatic N) is 1. The van der Waals surface area contributed by atoms with E-state index in [1.165, 1.54) is 6.08 Å². The second-order valence-electron chi connectivity index (χ2n) is 3.96. The predicted molar refractivity (Wildman–Crippen MR) is 73.6 cm³/mol. The molecule has 6 heteroatoms. The molecule has 1 aromatic rings. The van der Waals surface area contributed by atoms with Crippen LogP contribution in [0.3, 0.4) is 0 Å². The van der Waals surface area contributed by atoms with E-state index in [-0.39, 0.29) is 25.2 Å². The maximum atomic E-state index is 11.9. The van der Waals surface area contributed by atoms with Gasteiger partial charge >= 0.3 is 5.97 Å². The number of rotatable bonds is 7. The number of halogens is 1. The Kier molecular flexibility index (Phi) is 6.64. The second-order valence-corrected chi connectivity index (χ2v) is 4.39. The van der Waals surface area contributed by atoms with E-state index in [9.17, 15) is 14.4 Å². The van der Waals surface area contributed by atoms with Crippen LogP contribution in [-0.4, -0.2) is 30.5 Å². The number of hydrogen-bond acceptors (Lipinski definition) is 5. The zero-order valence-corrected chi connectivity index (χ0v) is 11.7. The SMILES string of the molecule is CCOC(=O)C(CCC(=O)c1ccc(Cl)cc1)N=C=O. The summed E-state index contributed by atoms with van der Waals surface area (Å²) >= 11 is 5.73. The molecule has 1 rings (SSSR count). The molecule has 0 bridgehead atoms. The molecule has 1 unspecified atom stereocenters. The fraction of sp³-hybridized carbons (Fsp3) is 0.357. The summed E-state index contributed by atoms with van der Waals surface area (Å²) in [4.78, 5) is 37.1. The Morgan fingerprint density at radius 3 is 2.55 bits per heavy atom. The number of aliphatic imine (C=N–C) groups is 1. The van der Waals surface area contributed by atoms with Crippen molar-refractivity contribution in [3.63, 3.8) is 0 Å². The van der Waals surface area contributed by atoms with Gasteiger partial charge in [0.05, 0.1) is 6.61 Å². The van der Waals surface area contributed by atoms with E-state index in [0.717, 1.165) is 0 Å². The quantitative estimate of drug-likeness (QED) is 0.335. The number of carbonyl (C=O) groups excluding carboxylic acids is 3. The highest BCUT2D eigenvalue weighted by atomic mass is 35.5. The van der Waals surface area contributed by atoms with Crippen LogP contribution in [0.15, 0.2) is 29.3 Å². The lowest BCUT2D eigenvalue weighted by molar-refractivity contribution is -0.144. The number of benzene rings is 1. The third-order valence-corrected chi connectivity index (χ3v) is 2.83. The second kappa shape index (κ2) is 8.25. The Morgan fingerprint density at radius 2 is 2.00 bits per heavy atom. The first-order valence-corrected chi connectivity index (χ1v) is 6.48. The van der Waals surface area contributed by atoms with Crippen LogP contribution < -0.4 is 0 Å². The monoisotopic (exact) mass is 295 g/mol. The summed E-state index contributed by atoms with van der Waals surface area (Å²) < 4.78 is 4.77. The van der Waals surface area contributed by atoms with Gasteiger partial charge in [0.2, 0.25) is 6.08 Å². The molecule has 0 spiro atoms. The molecule has 0 aliphatic rings. The lowest BCUT2D eigenvalue weighted by Gasteiger charge is -2.09. The van der Waals surface area contributed by atoms with Crippen LogP contribution in [0.4, 0.5) is 0 Å². The molecule has 0 saturated carbocycles. The molecule has 0 aliphatic carbocycles. The first-order chi connectivity index (χ1) is 9.58. The van der Waals surface area contributed by atoms with E-state index in [1.807, 2.05) is 0 Å². The third-order valence-electron chi connectivity index (χ3n) is 2.58. The Hall–Kier alpha value is -1.97. The van der Waals surface area contributed by atoms with Crippen LogP contribution in [0, 0.1) is 0 Å². The highest BCUT2D eigenvalue weighted by Crippen LogP contribution is 2.13. The Bertz CT molecular complexity index is 520. The number of Topliss-reactive ketones (excluding diaryl/α,β-unsaturated/α-hetero) is 1. The normalized spacial score (nSPS) is 11.3. The largest absolute Gasteiger partial charge is 0.464 e. The van der Waals surface area contributed by atoms with Gasteiger partial charge in [0, 0.05) is 17.0 Å². The van der Waals surface area contributed by atoms with E-state index in [4.69, 9.17) is 16.3 Å². The summed E-state index contributed by atoms with van der Waals surface area (Å²) in [7, 11) is 0. The van der Waals surface area contributed by atoms with Gasteiger partial charge < -0.3 is 4.74 Å². The van der Waals surface area contributed by atoms with Crippen molar-refractivity contribution in [3.8, 4) is 0 Å². The maximum Gasteiger partial charge on any atom is 0.331 e. The summed E-state index contributed by atoms with van der Waals surface area (Å²) in [5.41, 5.74) is 0.493. The number of ketones is 1. The van der Waals surface area contributed by atoms with Crippen LogP contribution in [0.2, 0.25) is 5.02 Å². The Balaban J connectivity index is 2.63. The number of isocyanates is 1. The van der Waals surface area contributed by atoms with E-state index in [0.29, 0.717) is 10.6 Å². The van der Waals surface area contributed by atoms with E-state index in [1.54, 1.807) is 31.2 Å². The van der Waals surface area contributed by atoms with Gasteiger partial charge in [-0.1, -0.05) is 11.6 Å². The molecule has 1 aromatic carbocycles. The van der Waals surface area contributed by atoms with Crippen molar-refractivity contribution < 1.29 is 19.1 Å².